The van der Waals surface area contributed by atoms with E-state index in [4.69, 9.17) is 4.74 Å². The molecule has 24 heavy (non-hydrogen) atoms. The molecular formula is C18H19N3O3. The van der Waals surface area contributed by atoms with Crippen LogP contribution in [-0.4, -0.2) is 12.0 Å². The monoisotopic (exact) mass is 325 g/mol. The molecule has 6 nitrogen and oxygen atoms in total. The number of hydrogen-bond donors (Lipinski definition) is 2. The molecule has 0 amide bonds. The van der Waals surface area contributed by atoms with Crippen molar-refractivity contribution in [3.05, 3.63) is 88.4 Å². The van der Waals surface area contributed by atoms with Gasteiger partial charge in [-0.15, -0.1) is 0 Å². The van der Waals surface area contributed by atoms with Crippen molar-refractivity contribution in [3.63, 3.8) is 0 Å². The van der Waals surface area contributed by atoms with Crippen molar-refractivity contribution in [2.45, 2.75) is 6.92 Å². The fraction of sp³-hybridized carbons (Fsp3) is 0.111. The molecule has 0 aromatic heterocycles. The fourth-order valence-corrected chi connectivity index (χ4v) is 1.95. The first-order valence-corrected chi connectivity index (χ1v) is 7.33. The Morgan fingerprint density at radius 1 is 1.08 bits per heavy atom. The second-order valence-corrected chi connectivity index (χ2v) is 5.07. The van der Waals surface area contributed by atoms with E-state index in [1.165, 1.54) is 5.56 Å². The minimum absolute atomic E-state index is 0.352. The van der Waals surface area contributed by atoms with Gasteiger partial charge in [0.15, 0.2) is 0 Å². The first-order valence-electron chi connectivity index (χ1n) is 7.33. The molecule has 0 aliphatic heterocycles. The first-order chi connectivity index (χ1) is 11.6. The van der Waals surface area contributed by atoms with E-state index in [-0.39, 0.29) is 0 Å². The maximum atomic E-state index is 10.8. The molecule has 2 aromatic carbocycles. The van der Waals surface area contributed by atoms with Gasteiger partial charge in [0.1, 0.15) is 11.4 Å². The van der Waals surface area contributed by atoms with Crippen LogP contribution in [0.3, 0.4) is 0 Å². The molecule has 0 atom stereocenters. The lowest BCUT2D eigenvalue weighted by Gasteiger charge is -2.07. The molecule has 2 rings (SSSR count). The van der Waals surface area contributed by atoms with Crippen LogP contribution < -0.4 is 15.4 Å². The summed E-state index contributed by atoms with van der Waals surface area (Å²) in [7, 11) is 1.58. The highest BCUT2D eigenvalue weighted by Crippen LogP contribution is 2.17. The van der Waals surface area contributed by atoms with Gasteiger partial charge in [-0.3, -0.25) is 10.1 Å². The number of ether oxygens (including phenoxy) is 1. The van der Waals surface area contributed by atoms with Gasteiger partial charge < -0.3 is 15.4 Å². The number of nitro groups is 1. The molecule has 0 heterocycles. The molecule has 0 fully saturated rings. The summed E-state index contributed by atoms with van der Waals surface area (Å²) in [6.45, 7) is 2.01. The van der Waals surface area contributed by atoms with E-state index < -0.39 is 4.92 Å². The van der Waals surface area contributed by atoms with Gasteiger partial charge in [0.05, 0.1) is 12.0 Å². The van der Waals surface area contributed by atoms with Gasteiger partial charge in [-0.05, 0) is 49.4 Å². The number of nitrogens with zero attached hydrogens (tertiary/aromatic N) is 1. The van der Waals surface area contributed by atoms with E-state index >= 15 is 0 Å². The van der Waals surface area contributed by atoms with Crippen LogP contribution in [0.1, 0.15) is 5.56 Å². The van der Waals surface area contributed by atoms with Crippen LogP contribution in [0.5, 0.6) is 5.75 Å². The average Bonchev–Trinajstić information content (AvgIpc) is 2.57. The summed E-state index contributed by atoms with van der Waals surface area (Å²) < 4.78 is 5.09. The van der Waals surface area contributed by atoms with Crippen LogP contribution in [0, 0.1) is 17.0 Å². The summed E-state index contributed by atoms with van der Waals surface area (Å²) in [6.07, 6.45) is 4.17. The molecule has 0 bridgehead atoms. The molecule has 0 spiro atoms. The van der Waals surface area contributed by atoms with Gasteiger partial charge in [0.2, 0.25) is 0 Å². The largest absolute Gasteiger partial charge is 0.497 e. The minimum atomic E-state index is -0.498. The molecule has 124 valence electrons. The highest BCUT2D eigenvalue weighted by Gasteiger charge is 2.01. The first kappa shape index (κ1) is 17.1. The Kier molecular flexibility index (Phi) is 5.96. The third kappa shape index (κ3) is 5.49. The standard InChI is InChI=1S/C18H19N3O3/c1-14-3-5-15(6-4-14)19-12-11-17(13-21(22)23)20-16-7-9-18(24-2)10-8-16/h3-13,19-20H,1-2H3/b12-11-,17-13+. The van der Waals surface area contributed by atoms with E-state index in [0.29, 0.717) is 5.70 Å². The smallest absolute Gasteiger partial charge is 0.257 e. The topological polar surface area (TPSA) is 76.4 Å². The van der Waals surface area contributed by atoms with E-state index in [9.17, 15) is 10.1 Å². The Balaban J connectivity index is 2.05. The maximum absolute atomic E-state index is 10.8. The van der Waals surface area contributed by atoms with E-state index in [2.05, 4.69) is 10.6 Å². The molecule has 0 aliphatic rings. The molecule has 6 heteroatoms. The predicted molar refractivity (Wildman–Crippen MR) is 95.6 cm³/mol. The van der Waals surface area contributed by atoms with Gasteiger partial charge in [0.25, 0.3) is 6.20 Å². The highest BCUT2D eigenvalue weighted by molar-refractivity contribution is 5.53. The van der Waals surface area contributed by atoms with Gasteiger partial charge >= 0.3 is 0 Å². The third-order valence-corrected chi connectivity index (χ3v) is 3.19. The Morgan fingerprint density at radius 3 is 2.29 bits per heavy atom. The molecule has 0 aliphatic carbocycles. The molecule has 0 saturated carbocycles. The second kappa shape index (κ2) is 8.38. The van der Waals surface area contributed by atoms with Crippen LogP contribution in [0.4, 0.5) is 11.4 Å². The fourth-order valence-electron chi connectivity index (χ4n) is 1.95. The number of rotatable bonds is 7. The van der Waals surface area contributed by atoms with Gasteiger partial charge in [0, 0.05) is 17.6 Å². The van der Waals surface area contributed by atoms with Crippen molar-refractivity contribution >= 4 is 11.4 Å². The Morgan fingerprint density at radius 2 is 1.71 bits per heavy atom. The maximum Gasteiger partial charge on any atom is 0.257 e. The molecular weight excluding hydrogens is 306 g/mol. The molecule has 2 N–H and O–H groups in total. The quantitative estimate of drug-likeness (QED) is 0.454. The van der Waals surface area contributed by atoms with Crippen molar-refractivity contribution in [3.8, 4) is 5.75 Å². The van der Waals surface area contributed by atoms with Gasteiger partial charge in [-0.25, -0.2) is 0 Å². The molecule has 0 saturated heterocycles. The molecule has 0 unspecified atom stereocenters. The molecule has 0 radical (unpaired) electrons. The zero-order chi connectivity index (χ0) is 17.4. The second-order valence-electron chi connectivity index (χ2n) is 5.07. The Hall–Kier alpha value is -3.28. The van der Waals surface area contributed by atoms with Crippen LogP contribution in [0.25, 0.3) is 0 Å². The third-order valence-electron chi connectivity index (χ3n) is 3.19. The number of methoxy groups -OCH3 is 1. The summed E-state index contributed by atoms with van der Waals surface area (Å²) in [6, 6.07) is 15.0. The number of hydrogen-bond acceptors (Lipinski definition) is 5. The Labute approximate surface area is 140 Å². The summed E-state index contributed by atoms with van der Waals surface area (Å²) in [4.78, 5) is 10.3. The highest BCUT2D eigenvalue weighted by atomic mass is 16.6. The van der Waals surface area contributed by atoms with Crippen molar-refractivity contribution in [2.24, 2.45) is 0 Å². The number of anilines is 2. The number of benzene rings is 2. The zero-order valence-corrected chi connectivity index (χ0v) is 13.5. The lowest BCUT2D eigenvalue weighted by molar-refractivity contribution is -0.403. The van der Waals surface area contributed by atoms with Crippen molar-refractivity contribution in [1.29, 1.82) is 0 Å². The lowest BCUT2D eigenvalue weighted by atomic mass is 10.2. The SMILES string of the molecule is COc1ccc(NC(/C=C\Nc2ccc(C)cc2)=C/[N+](=O)[O-])cc1. The van der Waals surface area contributed by atoms with Crippen LogP contribution in [-0.2, 0) is 0 Å². The minimum Gasteiger partial charge on any atom is -0.497 e. The molecule has 2 aromatic rings. The van der Waals surface area contributed by atoms with Crippen LogP contribution >= 0.6 is 0 Å². The van der Waals surface area contributed by atoms with Gasteiger partial charge in [-0.2, -0.15) is 0 Å². The summed E-state index contributed by atoms with van der Waals surface area (Å²) in [5, 5.41) is 16.9. The average molecular weight is 325 g/mol. The summed E-state index contributed by atoms with van der Waals surface area (Å²) >= 11 is 0. The van der Waals surface area contributed by atoms with E-state index in [0.717, 1.165) is 23.3 Å². The van der Waals surface area contributed by atoms with E-state index in [1.54, 1.807) is 43.7 Å². The predicted octanol–water partition coefficient (Wildman–Crippen LogP) is 4.16. The summed E-state index contributed by atoms with van der Waals surface area (Å²) in [5.74, 6) is 0.719. The number of nitrogens with one attached hydrogen (secondary N) is 2. The normalized spacial score (nSPS) is 11.3. The van der Waals surface area contributed by atoms with Crippen LogP contribution in [0.2, 0.25) is 0 Å². The lowest BCUT2D eigenvalue weighted by Crippen LogP contribution is -2.01. The van der Waals surface area contributed by atoms with E-state index in [1.807, 2.05) is 31.2 Å². The zero-order valence-electron chi connectivity index (χ0n) is 13.5. The van der Waals surface area contributed by atoms with Crippen molar-refractivity contribution in [2.75, 3.05) is 17.7 Å². The van der Waals surface area contributed by atoms with Crippen LogP contribution in [0.15, 0.2) is 72.7 Å². The number of allylic oxidation sites excluding steroid dienone is 1. The van der Waals surface area contributed by atoms with Crippen molar-refractivity contribution < 1.29 is 9.66 Å². The number of aryl methyl sites for hydroxylation is 1. The van der Waals surface area contributed by atoms with Gasteiger partial charge in [-0.1, -0.05) is 17.7 Å². The summed E-state index contributed by atoms with van der Waals surface area (Å²) in [5.41, 5.74) is 3.15. The Bertz CT molecular complexity index is 735. The van der Waals surface area contributed by atoms with Crippen molar-refractivity contribution in [1.82, 2.24) is 0 Å².